The lowest BCUT2D eigenvalue weighted by Gasteiger charge is -2.34. The summed E-state index contributed by atoms with van der Waals surface area (Å²) in [6.45, 7) is 11.2. The van der Waals surface area contributed by atoms with Crippen molar-refractivity contribution in [1.82, 2.24) is 0 Å². The van der Waals surface area contributed by atoms with E-state index in [0.717, 1.165) is 0 Å². The van der Waals surface area contributed by atoms with E-state index in [1.807, 2.05) is 36.6 Å². The third kappa shape index (κ3) is 4.53. The Labute approximate surface area is 112 Å². The largest absolute Gasteiger partial charge is 0.549 e. The molecule has 1 rings (SSSR count). The van der Waals surface area contributed by atoms with Crippen LogP contribution in [-0.4, -0.2) is 8.32 Å². The Hall–Kier alpha value is -1.28. The van der Waals surface area contributed by atoms with Crippen LogP contribution in [0.15, 0.2) is 48.7 Å². The molecule has 0 amide bonds. The molecule has 0 radical (unpaired) electrons. The van der Waals surface area contributed by atoms with Gasteiger partial charge in [-0.05, 0) is 29.8 Å². The van der Waals surface area contributed by atoms with Crippen LogP contribution in [-0.2, 0) is 4.43 Å². The smallest absolute Gasteiger partial charge is 0.249 e. The molecule has 1 aromatic rings. The van der Waals surface area contributed by atoms with Crippen molar-refractivity contribution in [3.63, 3.8) is 0 Å². The third-order valence-electron chi connectivity index (χ3n) is 3.45. The number of hydrogen-bond donors (Lipinski definition) is 0. The van der Waals surface area contributed by atoms with Crippen LogP contribution in [0.2, 0.25) is 18.1 Å². The predicted octanol–water partition coefficient (Wildman–Crippen LogP) is 5.24. The maximum atomic E-state index is 5.94. The minimum Gasteiger partial charge on any atom is -0.549 e. The van der Waals surface area contributed by atoms with Crippen molar-refractivity contribution in [2.24, 2.45) is 0 Å². The fraction of sp³-hybridized carbons (Fsp3) is 0.375. The van der Waals surface area contributed by atoms with Crippen molar-refractivity contribution < 1.29 is 4.43 Å². The molecule has 0 fully saturated rings. The van der Waals surface area contributed by atoms with Crippen molar-refractivity contribution >= 4 is 14.4 Å². The standard InChI is InChI=1S/C16H24OSi/c1-16(2,3)18(4,5)17-14-10-9-13-15-11-7-6-8-12-15/h6-14H,1-5H3/b13-9+,14-10+. The van der Waals surface area contributed by atoms with Crippen LogP contribution in [0.3, 0.4) is 0 Å². The van der Waals surface area contributed by atoms with E-state index in [2.05, 4.69) is 52.1 Å². The maximum Gasteiger partial charge on any atom is 0.249 e. The van der Waals surface area contributed by atoms with Crippen LogP contribution in [0, 0.1) is 0 Å². The van der Waals surface area contributed by atoms with E-state index in [-0.39, 0.29) is 5.04 Å². The van der Waals surface area contributed by atoms with Gasteiger partial charge < -0.3 is 4.43 Å². The van der Waals surface area contributed by atoms with Gasteiger partial charge in [0.2, 0.25) is 8.32 Å². The van der Waals surface area contributed by atoms with Crippen LogP contribution >= 0.6 is 0 Å². The van der Waals surface area contributed by atoms with Crippen LogP contribution < -0.4 is 0 Å². The Kier molecular flexibility index (Phi) is 4.97. The Morgan fingerprint density at radius 2 is 1.61 bits per heavy atom. The molecule has 0 aromatic heterocycles. The highest BCUT2D eigenvalue weighted by Crippen LogP contribution is 2.36. The number of hydrogen-bond acceptors (Lipinski definition) is 1. The van der Waals surface area contributed by atoms with Gasteiger partial charge in [0, 0.05) is 0 Å². The summed E-state index contributed by atoms with van der Waals surface area (Å²) in [5.74, 6) is 0. The lowest BCUT2D eigenvalue weighted by molar-refractivity contribution is 0.430. The maximum absolute atomic E-state index is 5.94. The number of benzene rings is 1. The zero-order chi connectivity index (χ0) is 13.6. The van der Waals surface area contributed by atoms with Gasteiger partial charge in [0.05, 0.1) is 6.26 Å². The number of allylic oxidation sites excluding steroid dienone is 2. The zero-order valence-corrected chi connectivity index (χ0v) is 13.1. The molecule has 0 spiro atoms. The minimum absolute atomic E-state index is 0.250. The quantitative estimate of drug-likeness (QED) is 0.409. The van der Waals surface area contributed by atoms with Gasteiger partial charge >= 0.3 is 0 Å². The molecule has 0 aliphatic heterocycles. The highest BCUT2D eigenvalue weighted by molar-refractivity contribution is 6.74. The first-order valence-corrected chi connectivity index (χ1v) is 9.30. The lowest BCUT2D eigenvalue weighted by atomic mass is 10.2. The topological polar surface area (TPSA) is 9.23 Å². The minimum atomic E-state index is -1.65. The highest BCUT2D eigenvalue weighted by Gasteiger charge is 2.37. The van der Waals surface area contributed by atoms with Crippen LogP contribution in [0.1, 0.15) is 26.3 Å². The molecule has 0 heterocycles. The molecule has 0 bridgehead atoms. The van der Waals surface area contributed by atoms with E-state index in [1.165, 1.54) is 5.56 Å². The van der Waals surface area contributed by atoms with E-state index in [1.54, 1.807) is 0 Å². The average molecular weight is 260 g/mol. The molecule has 0 N–H and O–H groups in total. The molecule has 0 unspecified atom stereocenters. The van der Waals surface area contributed by atoms with Crippen molar-refractivity contribution in [2.75, 3.05) is 0 Å². The number of rotatable bonds is 4. The van der Waals surface area contributed by atoms with Gasteiger partial charge in [-0.3, -0.25) is 0 Å². The van der Waals surface area contributed by atoms with Gasteiger partial charge in [-0.1, -0.05) is 63.3 Å². The molecule has 0 aliphatic rings. The molecule has 2 heteroatoms. The Balaban J connectivity index is 2.50. The Morgan fingerprint density at radius 3 is 2.17 bits per heavy atom. The van der Waals surface area contributed by atoms with Gasteiger partial charge in [0.25, 0.3) is 0 Å². The summed E-state index contributed by atoms with van der Waals surface area (Å²) in [7, 11) is -1.65. The molecule has 0 atom stereocenters. The highest BCUT2D eigenvalue weighted by atomic mass is 28.4. The SMILES string of the molecule is CC(C)(C)[Si](C)(C)O/C=C/C=C/c1ccccc1. The second-order valence-electron chi connectivity index (χ2n) is 5.98. The van der Waals surface area contributed by atoms with E-state index in [0.29, 0.717) is 0 Å². The molecule has 0 saturated heterocycles. The fourth-order valence-electron chi connectivity index (χ4n) is 1.16. The van der Waals surface area contributed by atoms with Gasteiger partial charge in [-0.15, -0.1) is 0 Å². The van der Waals surface area contributed by atoms with E-state index < -0.39 is 8.32 Å². The van der Waals surface area contributed by atoms with Crippen LogP contribution in [0.4, 0.5) is 0 Å². The summed E-state index contributed by atoms with van der Waals surface area (Å²) < 4.78 is 5.94. The monoisotopic (exact) mass is 260 g/mol. The first-order valence-electron chi connectivity index (χ1n) is 6.39. The predicted molar refractivity (Wildman–Crippen MR) is 82.9 cm³/mol. The van der Waals surface area contributed by atoms with Crippen molar-refractivity contribution in [1.29, 1.82) is 0 Å². The molecular formula is C16H24OSi. The summed E-state index contributed by atoms with van der Waals surface area (Å²) in [6, 6.07) is 10.3. The molecule has 1 aromatic carbocycles. The van der Waals surface area contributed by atoms with Crippen molar-refractivity contribution in [3.8, 4) is 0 Å². The molecular weight excluding hydrogens is 236 g/mol. The summed E-state index contributed by atoms with van der Waals surface area (Å²) in [4.78, 5) is 0. The molecule has 18 heavy (non-hydrogen) atoms. The third-order valence-corrected chi connectivity index (χ3v) is 7.78. The summed E-state index contributed by atoms with van der Waals surface area (Å²) in [5, 5.41) is 0.250. The zero-order valence-electron chi connectivity index (χ0n) is 12.1. The van der Waals surface area contributed by atoms with Crippen LogP contribution in [0.5, 0.6) is 0 Å². The summed E-state index contributed by atoms with van der Waals surface area (Å²) in [5.41, 5.74) is 1.20. The van der Waals surface area contributed by atoms with Gasteiger partial charge in [-0.25, -0.2) is 0 Å². The van der Waals surface area contributed by atoms with E-state index in [4.69, 9.17) is 4.43 Å². The molecule has 0 saturated carbocycles. The molecule has 0 aliphatic carbocycles. The average Bonchev–Trinajstić information content (AvgIpc) is 2.28. The van der Waals surface area contributed by atoms with Crippen molar-refractivity contribution in [3.05, 3.63) is 54.3 Å². The Bertz CT molecular complexity index is 410. The summed E-state index contributed by atoms with van der Waals surface area (Å²) in [6.07, 6.45) is 7.89. The first-order chi connectivity index (χ1) is 8.33. The second-order valence-corrected chi connectivity index (χ2v) is 10.7. The normalized spacial score (nSPS) is 13.4. The fourth-order valence-corrected chi connectivity index (χ4v) is 1.93. The van der Waals surface area contributed by atoms with E-state index in [9.17, 15) is 0 Å². The van der Waals surface area contributed by atoms with E-state index >= 15 is 0 Å². The Morgan fingerprint density at radius 1 is 1.00 bits per heavy atom. The molecule has 98 valence electrons. The second kappa shape index (κ2) is 6.05. The lowest BCUT2D eigenvalue weighted by Crippen LogP contribution is -2.39. The van der Waals surface area contributed by atoms with Crippen molar-refractivity contribution in [2.45, 2.75) is 38.9 Å². The first kappa shape index (κ1) is 14.8. The van der Waals surface area contributed by atoms with Gasteiger partial charge in [0.1, 0.15) is 0 Å². The molecule has 1 nitrogen and oxygen atoms in total. The van der Waals surface area contributed by atoms with Crippen LogP contribution in [0.25, 0.3) is 6.08 Å². The van der Waals surface area contributed by atoms with Gasteiger partial charge in [0.15, 0.2) is 0 Å². The summed E-state index contributed by atoms with van der Waals surface area (Å²) >= 11 is 0. The van der Waals surface area contributed by atoms with Gasteiger partial charge in [-0.2, -0.15) is 0 Å².